The van der Waals surface area contributed by atoms with Gasteiger partial charge < -0.3 is 10.0 Å². The Hall–Kier alpha value is -3.67. The summed E-state index contributed by atoms with van der Waals surface area (Å²) in [6.45, 7) is 1.30. The normalized spacial score (nSPS) is 14.1. The Labute approximate surface area is 169 Å². The van der Waals surface area contributed by atoms with Gasteiger partial charge in [0.2, 0.25) is 0 Å². The van der Waals surface area contributed by atoms with Crippen molar-refractivity contribution in [2.45, 2.75) is 12.8 Å². The van der Waals surface area contributed by atoms with Crippen LogP contribution in [-0.2, 0) is 6.42 Å². The fraction of sp³-hybridized carbons (Fsp3) is 0.174. The molecule has 0 saturated carbocycles. The second-order valence-electron chi connectivity index (χ2n) is 6.77. The second kappa shape index (κ2) is 8.56. The number of para-hydroxylation sites is 1. The summed E-state index contributed by atoms with van der Waals surface area (Å²) in [6.07, 6.45) is 9.55. The van der Waals surface area contributed by atoms with Crippen LogP contribution >= 0.6 is 0 Å². The van der Waals surface area contributed by atoms with Crippen LogP contribution in [0.15, 0.2) is 72.2 Å². The highest BCUT2D eigenvalue weighted by Gasteiger charge is 2.26. The fourth-order valence-electron chi connectivity index (χ4n) is 3.60. The molecule has 1 N–H and O–H groups in total. The first-order valence-electron chi connectivity index (χ1n) is 9.61. The van der Waals surface area contributed by atoms with Gasteiger partial charge in [0.15, 0.2) is 0 Å². The van der Waals surface area contributed by atoms with E-state index in [4.69, 9.17) is 5.11 Å². The summed E-state index contributed by atoms with van der Waals surface area (Å²) < 4.78 is 1.81. The Morgan fingerprint density at radius 1 is 1.14 bits per heavy atom. The average molecular weight is 386 g/mol. The Morgan fingerprint density at radius 2 is 2.03 bits per heavy atom. The van der Waals surface area contributed by atoms with Crippen molar-refractivity contribution in [1.82, 2.24) is 14.7 Å². The van der Waals surface area contributed by atoms with Crippen LogP contribution in [0.3, 0.4) is 0 Å². The Kier molecular flexibility index (Phi) is 5.52. The first kappa shape index (κ1) is 18.7. The minimum Gasteiger partial charge on any atom is -0.516 e. The van der Waals surface area contributed by atoms with Crippen LogP contribution < -0.4 is 0 Å². The maximum Gasteiger partial charge on any atom is 0.254 e. The third kappa shape index (κ3) is 3.96. The molecule has 1 aromatic heterocycles. The molecule has 146 valence electrons. The van der Waals surface area contributed by atoms with Gasteiger partial charge in [0.05, 0.1) is 17.6 Å². The molecular weight excluding hydrogens is 364 g/mol. The second-order valence-corrected chi connectivity index (χ2v) is 6.77. The number of rotatable bonds is 6. The summed E-state index contributed by atoms with van der Waals surface area (Å²) in [5.74, 6) is 0.0530. The molecule has 2 heterocycles. The number of amides is 1. The summed E-state index contributed by atoms with van der Waals surface area (Å²) >= 11 is 0. The zero-order chi connectivity index (χ0) is 20.1. The lowest BCUT2D eigenvalue weighted by molar-refractivity contribution is 0.0745. The number of carbonyl (C=O) groups excluding carboxylic acids is 1. The van der Waals surface area contributed by atoms with E-state index in [2.05, 4.69) is 10.1 Å². The number of aliphatic hydroxyl groups excluding tert-OH is 1. The highest BCUT2D eigenvalue weighted by Crippen LogP contribution is 2.25. The number of benzene rings is 2. The molecule has 29 heavy (non-hydrogen) atoms. The molecule has 6 heteroatoms. The van der Waals surface area contributed by atoms with E-state index in [0.717, 1.165) is 40.7 Å². The largest absolute Gasteiger partial charge is 0.516 e. The van der Waals surface area contributed by atoms with Crippen LogP contribution in [0.25, 0.3) is 11.8 Å². The molecule has 3 aromatic rings. The number of aliphatic imine (C=N–C) groups is 1. The van der Waals surface area contributed by atoms with Gasteiger partial charge in [-0.1, -0.05) is 24.3 Å². The van der Waals surface area contributed by atoms with Crippen molar-refractivity contribution in [1.29, 1.82) is 0 Å². The molecule has 0 unspecified atom stereocenters. The van der Waals surface area contributed by atoms with Crippen LogP contribution in [0, 0.1) is 0 Å². The van der Waals surface area contributed by atoms with Crippen LogP contribution in [0.4, 0.5) is 5.69 Å². The molecule has 2 aromatic carbocycles. The van der Waals surface area contributed by atoms with E-state index < -0.39 is 0 Å². The van der Waals surface area contributed by atoms with Crippen LogP contribution in [0.1, 0.15) is 27.9 Å². The van der Waals surface area contributed by atoms with Gasteiger partial charge in [-0.15, -0.1) is 0 Å². The van der Waals surface area contributed by atoms with Crippen LogP contribution in [-0.4, -0.2) is 45.0 Å². The van der Waals surface area contributed by atoms with Gasteiger partial charge in [0.1, 0.15) is 0 Å². The number of carbonyl (C=O) groups is 1. The predicted molar refractivity (Wildman–Crippen MR) is 114 cm³/mol. The van der Waals surface area contributed by atoms with E-state index in [1.807, 2.05) is 70.5 Å². The maximum absolute atomic E-state index is 13.0. The molecule has 1 aliphatic rings. The summed E-state index contributed by atoms with van der Waals surface area (Å²) in [6, 6.07) is 15.3. The molecule has 0 saturated heterocycles. The molecule has 0 radical (unpaired) electrons. The minimum atomic E-state index is 0.0530. The van der Waals surface area contributed by atoms with Gasteiger partial charge in [0, 0.05) is 49.2 Å². The van der Waals surface area contributed by atoms with E-state index in [1.165, 1.54) is 0 Å². The number of aromatic nitrogens is 2. The van der Waals surface area contributed by atoms with Crippen LogP contribution in [0.2, 0.25) is 0 Å². The lowest BCUT2D eigenvalue weighted by Crippen LogP contribution is -2.38. The Morgan fingerprint density at radius 3 is 2.86 bits per heavy atom. The number of hydrogen-bond acceptors (Lipinski definition) is 4. The van der Waals surface area contributed by atoms with E-state index in [-0.39, 0.29) is 5.91 Å². The molecule has 4 rings (SSSR count). The zero-order valence-electron chi connectivity index (χ0n) is 16.0. The van der Waals surface area contributed by atoms with Crippen molar-refractivity contribution >= 4 is 23.9 Å². The lowest BCUT2D eigenvalue weighted by atomic mass is 9.97. The van der Waals surface area contributed by atoms with Gasteiger partial charge in [0.25, 0.3) is 5.91 Å². The number of hydrogen-bond donors (Lipinski definition) is 1. The summed E-state index contributed by atoms with van der Waals surface area (Å²) in [5.41, 5.74) is 4.41. The SMILES string of the molecule is O=C1c2cccc(-n3cccn3)c2CCN1CCC=Nc1ccccc1/C=C/O. The lowest BCUT2D eigenvalue weighted by Gasteiger charge is -2.29. The minimum absolute atomic E-state index is 0.0530. The third-order valence-electron chi connectivity index (χ3n) is 5.00. The smallest absolute Gasteiger partial charge is 0.254 e. The van der Waals surface area contributed by atoms with Crippen molar-refractivity contribution in [2.24, 2.45) is 4.99 Å². The quantitative estimate of drug-likeness (QED) is 0.510. The molecule has 0 atom stereocenters. The highest BCUT2D eigenvalue weighted by atomic mass is 16.2. The van der Waals surface area contributed by atoms with Crippen molar-refractivity contribution < 1.29 is 9.90 Å². The number of nitrogens with zero attached hydrogens (tertiary/aromatic N) is 4. The molecule has 0 spiro atoms. The van der Waals surface area contributed by atoms with Crippen molar-refractivity contribution in [3.05, 3.63) is 83.9 Å². The molecule has 0 bridgehead atoms. The molecule has 6 nitrogen and oxygen atoms in total. The Bertz CT molecular complexity index is 1050. The summed E-state index contributed by atoms with van der Waals surface area (Å²) in [7, 11) is 0. The van der Waals surface area contributed by atoms with Gasteiger partial charge in [-0.05, 0) is 42.3 Å². The van der Waals surface area contributed by atoms with E-state index in [1.54, 1.807) is 12.3 Å². The summed E-state index contributed by atoms with van der Waals surface area (Å²) in [4.78, 5) is 19.3. The van der Waals surface area contributed by atoms with E-state index >= 15 is 0 Å². The van der Waals surface area contributed by atoms with E-state index in [0.29, 0.717) is 19.5 Å². The first-order valence-corrected chi connectivity index (χ1v) is 9.61. The highest BCUT2D eigenvalue weighted by molar-refractivity contribution is 5.97. The van der Waals surface area contributed by atoms with Crippen LogP contribution in [0.5, 0.6) is 0 Å². The average Bonchev–Trinajstić information content (AvgIpc) is 3.28. The molecular formula is C23H22N4O2. The fourth-order valence-corrected chi connectivity index (χ4v) is 3.60. The molecule has 1 aliphatic heterocycles. The maximum atomic E-state index is 13.0. The molecule has 1 amide bonds. The van der Waals surface area contributed by atoms with Crippen molar-refractivity contribution in [2.75, 3.05) is 13.1 Å². The standard InChI is InChI=1S/C23H22N4O2/c28-17-11-18-6-1-2-8-21(18)24-12-4-14-26-16-10-19-20(23(26)29)7-3-9-22(19)27-15-5-13-25-27/h1-3,5-9,11-13,15,17,28H,4,10,14,16H2/b17-11+,24-12?. The van der Waals surface area contributed by atoms with Crippen molar-refractivity contribution in [3.63, 3.8) is 0 Å². The predicted octanol–water partition coefficient (Wildman–Crippen LogP) is 4.19. The monoisotopic (exact) mass is 386 g/mol. The van der Waals surface area contributed by atoms with Gasteiger partial charge in [-0.25, -0.2) is 4.68 Å². The summed E-state index contributed by atoms with van der Waals surface area (Å²) in [5, 5.41) is 13.3. The van der Waals surface area contributed by atoms with Gasteiger partial charge in [-0.3, -0.25) is 9.79 Å². The third-order valence-corrected chi connectivity index (χ3v) is 5.00. The van der Waals surface area contributed by atoms with Gasteiger partial charge in [-0.2, -0.15) is 5.10 Å². The zero-order valence-corrected chi connectivity index (χ0v) is 16.0. The van der Waals surface area contributed by atoms with Gasteiger partial charge >= 0.3 is 0 Å². The number of fused-ring (bicyclic) bond motifs is 1. The number of aliphatic hydroxyl groups is 1. The topological polar surface area (TPSA) is 70.7 Å². The first-order chi connectivity index (χ1) is 14.3. The molecule has 0 fully saturated rings. The van der Waals surface area contributed by atoms with Crippen molar-refractivity contribution in [3.8, 4) is 5.69 Å². The van der Waals surface area contributed by atoms with E-state index in [9.17, 15) is 4.79 Å². The Balaban J connectivity index is 1.44. The molecule has 0 aliphatic carbocycles.